The maximum absolute atomic E-state index is 12.7. The van der Waals surface area contributed by atoms with Crippen LogP contribution in [-0.2, 0) is 16.6 Å². The number of hydrogen-bond acceptors (Lipinski definition) is 9. The van der Waals surface area contributed by atoms with E-state index in [1.165, 1.54) is 44.3 Å². The van der Waals surface area contributed by atoms with Crippen molar-refractivity contribution in [1.29, 1.82) is 0 Å². The molecular formula is C23H29ClN8O2S. The number of nitrogens with one attached hydrogen (secondary N) is 2. The first-order valence-corrected chi connectivity index (χ1v) is 13.0. The van der Waals surface area contributed by atoms with E-state index in [-0.39, 0.29) is 21.4 Å². The van der Waals surface area contributed by atoms with Crippen molar-refractivity contribution in [3.05, 3.63) is 59.5 Å². The van der Waals surface area contributed by atoms with Gasteiger partial charge in [0.05, 0.1) is 18.1 Å². The number of aromatic nitrogens is 3. The number of pyridine rings is 1. The van der Waals surface area contributed by atoms with E-state index in [4.69, 9.17) is 11.6 Å². The molecule has 4 rings (SSSR count). The van der Waals surface area contributed by atoms with Crippen LogP contribution in [0.4, 0.5) is 23.1 Å². The number of likely N-dealkylation sites (N-methyl/N-ethyl adjacent to an activating group) is 1. The van der Waals surface area contributed by atoms with E-state index in [2.05, 4.69) is 54.6 Å². The van der Waals surface area contributed by atoms with Gasteiger partial charge in [0.2, 0.25) is 16.0 Å². The number of halogens is 1. The molecule has 0 aliphatic carbocycles. The van der Waals surface area contributed by atoms with E-state index < -0.39 is 10.0 Å². The lowest BCUT2D eigenvalue weighted by atomic mass is 10.2. The number of hydrogen-bond donors (Lipinski definition) is 2. The van der Waals surface area contributed by atoms with Crippen molar-refractivity contribution in [2.75, 3.05) is 58.0 Å². The number of benzene rings is 1. The molecule has 0 amide bonds. The van der Waals surface area contributed by atoms with Crippen LogP contribution in [0.2, 0.25) is 5.02 Å². The quantitative estimate of drug-likeness (QED) is 0.467. The van der Waals surface area contributed by atoms with Gasteiger partial charge >= 0.3 is 0 Å². The van der Waals surface area contributed by atoms with Crippen LogP contribution in [0.15, 0.2) is 53.8 Å². The van der Waals surface area contributed by atoms with Gasteiger partial charge in [0.1, 0.15) is 9.92 Å². The minimum atomic E-state index is -3.69. The van der Waals surface area contributed by atoms with E-state index in [1.807, 2.05) is 12.1 Å². The van der Waals surface area contributed by atoms with Crippen LogP contribution in [0.1, 0.15) is 5.56 Å². The Balaban J connectivity index is 1.47. The van der Waals surface area contributed by atoms with Crippen LogP contribution in [0.25, 0.3) is 0 Å². The van der Waals surface area contributed by atoms with Gasteiger partial charge in [-0.15, -0.1) is 0 Å². The molecule has 3 heterocycles. The van der Waals surface area contributed by atoms with Gasteiger partial charge in [-0.25, -0.2) is 17.7 Å². The molecule has 0 atom stereocenters. The summed E-state index contributed by atoms with van der Waals surface area (Å²) in [5.41, 5.74) is 2.34. The van der Waals surface area contributed by atoms with Crippen LogP contribution < -0.4 is 10.6 Å². The highest BCUT2D eigenvalue weighted by Gasteiger charge is 2.22. The Bertz CT molecular complexity index is 1260. The van der Waals surface area contributed by atoms with E-state index in [9.17, 15) is 8.42 Å². The van der Waals surface area contributed by atoms with Gasteiger partial charge in [0.25, 0.3) is 0 Å². The Kier molecular flexibility index (Phi) is 7.82. The molecule has 186 valence electrons. The number of piperazine rings is 1. The Hall–Kier alpha value is -2.83. The highest BCUT2D eigenvalue weighted by molar-refractivity contribution is 7.89. The third-order valence-corrected chi connectivity index (χ3v) is 7.90. The van der Waals surface area contributed by atoms with Crippen molar-refractivity contribution in [3.8, 4) is 0 Å². The molecule has 2 aromatic heterocycles. The topological polar surface area (TPSA) is 107 Å². The van der Waals surface area contributed by atoms with Gasteiger partial charge in [0.15, 0.2) is 5.82 Å². The Labute approximate surface area is 211 Å². The molecule has 0 unspecified atom stereocenters. The Morgan fingerprint density at radius 2 is 1.74 bits per heavy atom. The lowest BCUT2D eigenvalue weighted by molar-refractivity contribution is 0.148. The fraction of sp³-hybridized carbons (Fsp3) is 0.348. The summed E-state index contributed by atoms with van der Waals surface area (Å²) < 4.78 is 26.5. The van der Waals surface area contributed by atoms with Gasteiger partial charge in [-0.2, -0.15) is 4.98 Å². The third kappa shape index (κ3) is 6.24. The second-order valence-electron chi connectivity index (χ2n) is 8.58. The van der Waals surface area contributed by atoms with Crippen LogP contribution in [0.3, 0.4) is 0 Å². The fourth-order valence-electron chi connectivity index (χ4n) is 3.63. The molecule has 0 spiro atoms. The monoisotopic (exact) mass is 516 g/mol. The normalized spacial score (nSPS) is 15.3. The minimum absolute atomic E-state index is 0.0672. The number of sulfonamides is 1. The van der Waals surface area contributed by atoms with Gasteiger partial charge in [-0.1, -0.05) is 23.7 Å². The van der Waals surface area contributed by atoms with Gasteiger partial charge in [-0.3, -0.25) is 9.88 Å². The lowest BCUT2D eigenvalue weighted by Gasteiger charge is -2.32. The zero-order chi connectivity index (χ0) is 25.0. The zero-order valence-electron chi connectivity index (χ0n) is 19.9. The van der Waals surface area contributed by atoms with Crippen molar-refractivity contribution in [2.45, 2.75) is 11.4 Å². The molecular weight excluding hydrogens is 488 g/mol. The molecule has 0 bridgehead atoms. The Morgan fingerprint density at radius 3 is 2.43 bits per heavy atom. The maximum atomic E-state index is 12.7. The summed E-state index contributed by atoms with van der Waals surface area (Å²) in [6.45, 7) is 5.23. The molecule has 0 saturated carbocycles. The minimum Gasteiger partial charge on any atom is -0.336 e. The summed E-state index contributed by atoms with van der Waals surface area (Å²) in [6.07, 6.45) is 4.29. The molecule has 1 aliphatic heterocycles. The summed E-state index contributed by atoms with van der Waals surface area (Å²) in [7, 11) is 1.39. The summed E-state index contributed by atoms with van der Waals surface area (Å²) in [5, 5.41) is 6.40. The smallest absolute Gasteiger partial charge is 0.244 e. The maximum Gasteiger partial charge on any atom is 0.244 e. The largest absolute Gasteiger partial charge is 0.336 e. The van der Waals surface area contributed by atoms with Crippen molar-refractivity contribution in [3.63, 3.8) is 0 Å². The summed E-state index contributed by atoms with van der Waals surface area (Å²) in [5.74, 6) is 0.587. The predicted molar refractivity (Wildman–Crippen MR) is 138 cm³/mol. The first-order valence-electron chi connectivity index (χ1n) is 11.2. The molecule has 1 aromatic carbocycles. The van der Waals surface area contributed by atoms with E-state index in [0.29, 0.717) is 5.95 Å². The summed E-state index contributed by atoms with van der Waals surface area (Å²) in [4.78, 5) is 17.6. The van der Waals surface area contributed by atoms with Crippen LogP contribution in [0, 0.1) is 0 Å². The second-order valence-corrected chi connectivity index (χ2v) is 11.1. The van der Waals surface area contributed by atoms with Crippen LogP contribution >= 0.6 is 11.6 Å². The van der Waals surface area contributed by atoms with Gasteiger partial charge in [-0.05, 0) is 30.8 Å². The highest BCUT2D eigenvalue weighted by Crippen LogP contribution is 2.29. The molecule has 3 aromatic rings. The van der Waals surface area contributed by atoms with E-state index >= 15 is 0 Å². The Morgan fingerprint density at radius 1 is 1.03 bits per heavy atom. The SMILES string of the molecule is CN1CCN(Cc2ccc(Nc3ncc(Cl)c(Nc4cnccc4S(=O)(=O)N(C)C)n3)cc2)CC1. The fourth-order valence-corrected chi connectivity index (χ4v) is 4.77. The predicted octanol–water partition coefficient (Wildman–Crippen LogP) is 3.01. The molecule has 1 aliphatic rings. The second kappa shape index (κ2) is 10.8. The zero-order valence-corrected chi connectivity index (χ0v) is 21.5. The first kappa shape index (κ1) is 25.3. The molecule has 1 saturated heterocycles. The molecule has 12 heteroatoms. The van der Waals surface area contributed by atoms with Crippen LogP contribution in [-0.4, -0.2) is 84.8 Å². The van der Waals surface area contributed by atoms with E-state index in [1.54, 1.807) is 0 Å². The van der Waals surface area contributed by atoms with E-state index in [0.717, 1.165) is 42.7 Å². The van der Waals surface area contributed by atoms with Crippen LogP contribution in [0.5, 0.6) is 0 Å². The van der Waals surface area contributed by atoms with Crippen molar-refractivity contribution in [1.82, 2.24) is 29.1 Å². The number of anilines is 4. The van der Waals surface area contributed by atoms with Gasteiger partial charge in [0, 0.05) is 58.7 Å². The standard InChI is InChI=1S/C23H29ClN8O2S/c1-30(2)35(33,34)21-8-9-25-15-20(21)28-22-19(24)14-26-23(29-22)27-18-6-4-17(5-7-18)16-32-12-10-31(3)11-13-32/h4-9,14-15H,10-13,16H2,1-3H3,(H2,26,27,28,29). The molecule has 10 nitrogen and oxygen atoms in total. The van der Waals surface area contributed by atoms with Crippen molar-refractivity contribution < 1.29 is 8.42 Å². The molecule has 0 radical (unpaired) electrons. The molecule has 1 fully saturated rings. The first-order chi connectivity index (χ1) is 16.7. The number of rotatable bonds is 8. The average molecular weight is 517 g/mol. The number of nitrogens with zero attached hydrogens (tertiary/aromatic N) is 6. The van der Waals surface area contributed by atoms with Crippen molar-refractivity contribution >= 4 is 44.8 Å². The highest BCUT2D eigenvalue weighted by atomic mass is 35.5. The molecule has 2 N–H and O–H groups in total. The lowest BCUT2D eigenvalue weighted by Crippen LogP contribution is -2.43. The van der Waals surface area contributed by atoms with Crippen molar-refractivity contribution in [2.24, 2.45) is 0 Å². The summed E-state index contributed by atoms with van der Waals surface area (Å²) >= 11 is 6.30. The third-order valence-electron chi connectivity index (χ3n) is 5.75. The molecule has 35 heavy (non-hydrogen) atoms. The van der Waals surface area contributed by atoms with Gasteiger partial charge < -0.3 is 15.5 Å². The summed E-state index contributed by atoms with van der Waals surface area (Å²) in [6, 6.07) is 9.57. The average Bonchev–Trinajstić information content (AvgIpc) is 2.84.